The van der Waals surface area contributed by atoms with Gasteiger partial charge in [0.05, 0.1) is 29.3 Å². The van der Waals surface area contributed by atoms with Crippen molar-refractivity contribution in [2.75, 3.05) is 0 Å². The van der Waals surface area contributed by atoms with Crippen molar-refractivity contribution in [2.45, 2.75) is 26.3 Å². The second-order valence-corrected chi connectivity index (χ2v) is 7.63. The Hall–Kier alpha value is -3.32. The molecule has 0 bridgehead atoms. The average Bonchev–Trinajstić information content (AvgIpc) is 3.40. The van der Waals surface area contributed by atoms with Gasteiger partial charge in [0.15, 0.2) is 0 Å². The van der Waals surface area contributed by atoms with E-state index < -0.39 is 0 Å². The van der Waals surface area contributed by atoms with Gasteiger partial charge < -0.3 is 10.3 Å². The van der Waals surface area contributed by atoms with Crippen molar-refractivity contribution in [1.82, 2.24) is 25.3 Å². The zero-order chi connectivity index (χ0) is 20.2. The summed E-state index contributed by atoms with van der Waals surface area (Å²) in [5.41, 5.74) is 3.46. The minimum absolute atomic E-state index is 0.147. The van der Waals surface area contributed by atoms with Gasteiger partial charge in [0.25, 0.3) is 5.91 Å². The molecule has 7 heteroatoms. The number of nitrogens with zero attached hydrogens (tertiary/aromatic N) is 3. The fraction of sp³-hybridized carbons (Fsp3) is 0.182. The highest BCUT2D eigenvalue weighted by molar-refractivity contribution is 7.17. The molecule has 1 amide bonds. The minimum atomic E-state index is -0.209. The van der Waals surface area contributed by atoms with E-state index in [1.165, 1.54) is 11.3 Å². The van der Waals surface area contributed by atoms with Crippen molar-refractivity contribution in [2.24, 2.45) is 0 Å². The van der Waals surface area contributed by atoms with Crippen LogP contribution in [0, 0.1) is 6.92 Å². The topological polar surface area (TPSA) is 83.6 Å². The molecule has 0 radical (unpaired) electrons. The first kappa shape index (κ1) is 19.0. The van der Waals surface area contributed by atoms with E-state index in [2.05, 4.69) is 25.3 Å². The Kier molecular flexibility index (Phi) is 5.48. The summed E-state index contributed by atoms with van der Waals surface area (Å²) >= 11 is 1.35. The monoisotopic (exact) mass is 403 g/mol. The van der Waals surface area contributed by atoms with E-state index >= 15 is 0 Å². The minimum Gasteiger partial charge on any atom is -0.341 e. The van der Waals surface area contributed by atoms with E-state index in [-0.39, 0.29) is 11.9 Å². The maximum Gasteiger partial charge on any atom is 0.263 e. The predicted molar refractivity (Wildman–Crippen MR) is 115 cm³/mol. The lowest BCUT2D eigenvalue weighted by Gasteiger charge is -2.14. The maximum atomic E-state index is 12.9. The Morgan fingerprint density at radius 1 is 1.14 bits per heavy atom. The van der Waals surface area contributed by atoms with Crippen LogP contribution >= 0.6 is 11.3 Å². The van der Waals surface area contributed by atoms with Gasteiger partial charge in [-0.25, -0.2) is 9.97 Å². The van der Waals surface area contributed by atoms with Crippen molar-refractivity contribution in [3.8, 4) is 22.0 Å². The van der Waals surface area contributed by atoms with Crippen LogP contribution in [0.5, 0.6) is 0 Å². The first-order valence-electron chi connectivity index (χ1n) is 9.45. The summed E-state index contributed by atoms with van der Waals surface area (Å²) in [6.07, 6.45) is 4.25. The summed E-state index contributed by atoms with van der Waals surface area (Å²) in [6.45, 7) is 3.87. The summed E-state index contributed by atoms with van der Waals surface area (Å²) < 4.78 is 0. The molecule has 3 aromatic heterocycles. The SMILES string of the molecule is CCC(NC(=O)c1sc(-c2ccccn2)nc1C)c1ncc(-c2ccccc2)[nH]1. The highest BCUT2D eigenvalue weighted by atomic mass is 32.1. The maximum absolute atomic E-state index is 12.9. The Balaban J connectivity index is 1.53. The molecule has 146 valence electrons. The van der Waals surface area contributed by atoms with Gasteiger partial charge in [0.1, 0.15) is 15.7 Å². The first-order chi connectivity index (χ1) is 14.2. The van der Waals surface area contributed by atoms with Crippen molar-refractivity contribution >= 4 is 17.2 Å². The molecular formula is C22H21N5OS. The van der Waals surface area contributed by atoms with Crippen molar-refractivity contribution in [1.29, 1.82) is 0 Å². The van der Waals surface area contributed by atoms with Gasteiger partial charge in [0.2, 0.25) is 0 Å². The standard InChI is InChI=1S/C22H21N5OS/c1-3-16(20-24-13-18(26-20)15-9-5-4-6-10-15)27-21(28)19-14(2)25-22(29-19)17-11-7-8-12-23-17/h4-13,16H,3H2,1-2H3,(H,24,26)(H,27,28). The molecule has 6 nitrogen and oxygen atoms in total. The zero-order valence-corrected chi connectivity index (χ0v) is 17.0. The van der Waals surface area contributed by atoms with E-state index in [4.69, 9.17) is 0 Å². The van der Waals surface area contributed by atoms with Gasteiger partial charge >= 0.3 is 0 Å². The van der Waals surface area contributed by atoms with Gasteiger partial charge in [-0.05, 0) is 31.0 Å². The summed E-state index contributed by atoms with van der Waals surface area (Å²) in [5, 5.41) is 3.83. The van der Waals surface area contributed by atoms with Crippen molar-refractivity contribution in [3.63, 3.8) is 0 Å². The molecule has 0 aliphatic rings. The number of hydrogen-bond acceptors (Lipinski definition) is 5. The van der Waals surface area contributed by atoms with Gasteiger partial charge in [-0.15, -0.1) is 11.3 Å². The number of rotatable bonds is 6. The number of aromatic amines is 1. The van der Waals surface area contributed by atoms with Crippen LogP contribution < -0.4 is 5.32 Å². The largest absolute Gasteiger partial charge is 0.341 e. The number of carbonyl (C=O) groups excluding carboxylic acids is 1. The lowest BCUT2D eigenvalue weighted by atomic mass is 10.2. The van der Waals surface area contributed by atoms with E-state index in [0.717, 1.165) is 34.2 Å². The number of thiazole rings is 1. The third-order valence-electron chi connectivity index (χ3n) is 4.61. The number of nitrogens with one attached hydrogen (secondary N) is 2. The summed E-state index contributed by atoms with van der Waals surface area (Å²) in [7, 11) is 0. The fourth-order valence-electron chi connectivity index (χ4n) is 3.07. The molecule has 2 N–H and O–H groups in total. The van der Waals surface area contributed by atoms with Crippen LogP contribution in [0.25, 0.3) is 22.0 Å². The number of hydrogen-bond donors (Lipinski definition) is 2. The number of pyridine rings is 1. The highest BCUT2D eigenvalue weighted by Gasteiger charge is 2.21. The van der Waals surface area contributed by atoms with Gasteiger partial charge in [-0.2, -0.15) is 0 Å². The summed E-state index contributed by atoms with van der Waals surface area (Å²) in [6, 6.07) is 15.5. The lowest BCUT2D eigenvalue weighted by Crippen LogP contribution is -2.28. The van der Waals surface area contributed by atoms with Crippen LogP contribution in [0.2, 0.25) is 0 Å². The van der Waals surface area contributed by atoms with Crippen LogP contribution in [-0.4, -0.2) is 25.8 Å². The van der Waals surface area contributed by atoms with Crippen LogP contribution in [0.3, 0.4) is 0 Å². The molecule has 0 fully saturated rings. The number of amides is 1. The molecule has 0 saturated carbocycles. The lowest BCUT2D eigenvalue weighted by molar-refractivity contribution is 0.0937. The molecule has 0 aliphatic carbocycles. The van der Waals surface area contributed by atoms with Gasteiger partial charge in [-0.3, -0.25) is 9.78 Å². The van der Waals surface area contributed by atoms with Crippen LogP contribution in [0.15, 0.2) is 60.9 Å². The van der Waals surface area contributed by atoms with Crippen LogP contribution in [0.1, 0.15) is 40.6 Å². The predicted octanol–water partition coefficient (Wildman–Crippen LogP) is 4.78. The number of benzene rings is 1. The smallest absolute Gasteiger partial charge is 0.263 e. The second-order valence-electron chi connectivity index (χ2n) is 6.63. The van der Waals surface area contributed by atoms with Crippen molar-refractivity contribution in [3.05, 3.63) is 77.3 Å². The first-order valence-corrected chi connectivity index (χ1v) is 10.3. The number of aromatic nitrogens is 4. The number of carbonyl (C=O) groups is 1. The molecule has 0 spiro atoms. The quantitative estimate of drug-likeness (QED) is 0.485. The third-order valence-corrected chi connectivity index (χ3v) is 5.79. The Bertz CT molecular complexity index is 1100. The third kappa shape index (κ3) is 4.09. The van der Waals surface area contributed by atoms with Crippen LogP contribution in [0.4, 0.5) is 0 Å². The normalized spacial score (nSPS) is 11.9. The van der Waals surface area contributed by atoms with E-state index in [1.807, 2.05) is 62.4 Å². The number of H-pyrrole nitrogens is 1. The average molecular weight is 404 g/mol. The van der Waals surface area contributed by atoms with E-state index in [1.54, 1.807) is 12.4 Å². The highest BCUT2D eigenvalue weighted by Crippen LogP contribution is 2.27. The molecule has 1 aromatic carbocycles. The molecule has 4 aromatic rings. The molecule has 0 aliphatic heterocycles. The molecule has 1 unspecified atom stereocenters. The molecule has 0 saturated heterocycles. The number of imidazole rings is 1. The van der Waals surface area contributed by atoms with Crippen LogP contribution in [-0.2, 0) is 0 Å². The molecular weight excluding hydrogens is 382 g/mol. The molecule has 4 rings (SSSR count). The fourth-order valence-corrected chi connectivity index (χ4v) is 4.02. The van der Waals surface area contributed by atoms with E-state index in [9.17, 15) is 4.79 Å². The van der Waals surface area contributed by atoms with Gasteiger partial charge in [0, 0.05) is 6.20 Å². The second kappa shape index (κ2) is 8.36. The summed E-state index contributed by atoms with van der Waals surface area (Å²) in [5.74, 6) is 0.596. The Morgan fingerprint density at radius 3 is 2.66 bits per heavy atom. The Labute approximate surface area is 173 Å². The van der Waals surface area contributed by atoms with E-state index in [0.29, 0.717) is 10.6 Å². The molecule has 1 atom stereocenters. The van der Waals surface area contributed by atoms with Crippen molar-refractivity contribution < 1.29 is 4.79 Å². The summed E-state index contributed by atoms with van der Waals surface area (Å²) in [4.78, 5) is 30.2. The molecule has 29 heavy (non-hydrogen) atoms. The Morgan fingerprint density at radius 2 is 1.93 bits per heavy atom. The zero-order valence-electron chi connectivity index (χ0n) is 16.2. The number of aryl methyl sites for hydroxylation is 1. The van der Waals surface area contributed by atoms with Gasteiger partial charge in [-0.1, -0.05) is 43.3 Å². The molecule has 3 heterocycles.